The number of halogens is 1. The van der Waals surface area contributed by atoms with Crippen molar-refractivity contribution in [1.29, 1.82) is 0 Å². The summed E-state index contributed by atoms with van der Waals surface area (Å²) < 4.78 is 0. The topological polar surface area (TPSA) is 41.1 Å². The molecule has 2 aliphatic carbocycles. The van der Waals surface area contributed by atoms with Crippen molar-refractivity contribution in [2.45, 2.75) is 63.5 Å². The molecule has 1 amide bonds. The first-order valence-electron chi connectivity index (χ1n) is 6.84. The fourth-order valence-electron chi connectivity index (χ4n) is 3.54. The van der Waals surface area contributed by atoms with Crippen LogP contribution in [-0.2, 0) is 4.79 Å². The van der Waals surface area contributed by atoms with Gasteiger partial charge in [-0.1, -0.05) is 19.3 Å². The smallest absolute Gasteiger partial charge is 0.237 e. The van der Waals surface area contributed by atoms with E-state index >= 15 is 0 Å². The Labute approximate surface area is 110 Å². The van der Waals surface area contributed by atoms with Crippen LogP contribution in [0, 0.1) is 5.41 Å². The Morgan fingerprint density at radius 1 is 1.18 bits per heavy atom. The van der Waals surface area contributed by atoms with Crippen LogP contribution >= 0.6 is 12.4 Å². The van der Waals surface area contributed by atoms with Gasteiger partial charge in [0, 0.05) is 6.04 Å². The molecule has 17 heavy (non-hydrogen) atoms. The summed E-state index contributed by atoms with van der Waals surface area (Å²) in [6.07, 6.45) is 10.2. The third-order valence-corrected chi connectivity index (χ3v) is 4.73. The van der Waals surface area contributed by atoms with E-state index in [1.807, 2.05) is 0 Å². The quantitative estimate of drug-likeness (QED) is 0.796. The summed E-state index contributed by atoms with van der Waals surface area (Å²) in [5.41, 5.74) is 0.520. The number of carbonyl (C=O) groups excluding carboxylic acids is 1. The lowest BCUT2D eigenvalue weighted by molar-refractivity contribution is -0.123. The van der Waals surface area contributed by atoms with E-state index in [9.17, 15) is 4.79 Å². The van der Waals surface area contributed by atoms with Crippen molar-refractivity contribution < 1.29 is 4.79 Å². The standard InChI is InChI=1S/C13H22N2O.ClH/c16-12(10-5-4-8-14-10)15-11-9-13(11)6-2-1-3-7-13;/h10-11,14H,1-9H2,(H,15,16);1H. The number of rotatable bonds is 2. The Bertz CT molecular complexity index is 283. The van der Waals surface area contributed by atoms with Crippen molar-refractivity contribution in [1.82, 2.24) is 10.6 Å². The molecule has 0 radical (unpaired) electrons. The van der Waals surface area contributed by atoms with Crippen molar-refractivity contribution in [2.75, 3.05) is 6.54 Å². The van der Waals surface area contributed by atoms with Crippen molar-refractivity contribution in [3.8, 4) is 0 Å². The predicted octanol–water partition coefficient (Wildman–Crippen LogP) is 2.00. The molecule has 0 bridgehead atoms. The minimum atomic E-state index is 0. The predicted molar refractivity (Wildman–Crippen MR) is 70.3 cm³/mol. The second-order valence-electron chi connectivity index (χ2n) is 5.84. The average Bonchev–Trinajstić information content (AvgIpc) is 2.78. The maximum absolute atomic E-state index is 11.9. The monoisotopic (exact) mass is 258 g/mol. The Balaban J connectivity index is 0.00000108. The molecular formula is C13H23ClN2O. The average molecular weight is 259 g/mol. The molecule has 1 saturated heterocycles. The number of carbonyl (C=O) groups is 1. The van der Waals surface area contributed by atoms with Crippen LogP contribution in [-0.4, -0.2) is 24.5 Å². The molecular weight excluding hydrogens is 236 g/mol. The van der Waals surface area contributed by atoms with Crippen LogP contribution in [0.4, 0.5) is 0 Å². The Kier molecular flexibility index (Phi) is 3.99. The molecule has 2 atom stereocenters. The lowest BCUT2D eigenvalue weighted by Crippen LogP contribution is -2.42. The third-order valence-electron chi connectivity index (χ3n) is 4.73. The van der Waals surface area contributed by atoms with Crippen LogP contribution in [0.15, 0.2) is 0 Å². The highest BCUT2D eigenvalue weighted by Crippen LogP contribution is 2.56. The van der Waals surface area contributed by atoms with Gasteiger partial charge in [-0.05, 0) is 44.1 Å². The third kappa shape index (κ3) is 2.60. The summed E-state index contributed by atoms with van der Waals surface area (Å²) >= 11 is 0. The van der Waals surface area contributed by atoms with Gasteiger partial charge >= 0.3 is 0 Å². The van der Waals surface area contributed by atoms with Crippen LogP contribution in [0.5, 0.6) is 0 Å². The van der Waals surface area contributed by atoms with E-state index in [2.05, 4.69) is 10.6 Å². The van der Waals surface area contributed by atoms with Gasteiger partial charge in [-0.3, -0.25) is 4.79 Å². The van der Waals surface area contributed by atoms with Crippen LogP contribution in [0.25, 0.3) is 0 Å². The first-order valence-corrected chi connectivity index (χ1v) is 6.84. The summed E-state index contributed by atoms with van der Waals surface area (Å²) in [7, 11) is 0. The fourth-order valence-corrected chi connectivity index (χ4v) is 3.54. The first kappa shape index (κ1) is 13.2. The lowest BCUT2D eigenvalue weighted by Gasteiger charge is -2.23. The number of hydrogen-bond acceptors (Lipinski definition) is 2. The highest BCUT2D eigenvalue weighted by molar-refractivity contribution is 5.85. The van der Waals surface area contributed by atoms with E-state index in [0.717, 1.165) is 19.4 Å². The summed E-state index contributed by atoms with van der Waals surface area (Å²) in [6.45, 7) is 1.01. The minimum absolute atomic E-state index is 0. The molecule has 3 aliphatic rings. The number of hydrogen-bond donors (Lipinski definition) is 2. The van der Waals surface area contributed by atoms with Gasteiger partial charge in [0.15, 0.2) is 0 Å². The lowest BCUT2D eigenvalue weighted by atomic mass is 9.86. The second kappa shape index (κ2) is 5.15. The molecule has 4 heteroatoms. The molecule has 1 spiro atoms. The van der Waals surface area contributed by atoms with E-state index in [-0.39, 0.29) is 24.4 Å². The van der Waals surface area contributed by atoms with Gasteiger partial charge in [-0.2, -0.15) is 0 Å². The van der Waals surface area contributed by atoms with E-state index in [1.165, 1.54) is 38.5 Å². The van der Waals surface area contributed by atoms with E-state index in [0.29, 0.717) is 11.5 Å². The maximum Gasteiger partial charge on any atom is 0.237 e. The van der Waals surface area contributed by atoms with Crippen molar-refractivity contribution in [3.63, 3.8) is 0 Å². The molecule has 1 heterocycles. The first-order chi connectivity index (χ1) is 7.80. The van der Waals surface area contributed by atoms with Crippen LogP contribution in [0.2, 0.25) is 0 Å². The SMILES string of the molecule is Cl.O=C(NC1CC12CCCCC2)C1CCCN1. The Morgan fingerprint density at radius 3 is 2.59 bits per heavy atom. The van der Waals surface area contributed by atoms with Crippen LogP contribution in [0.1, 0.15) is 51.4 Å². The van der Waals surface area contributed by atoms with Gasteiger partial charge in [0.1, 0.15) is 0 Å². The molecule has 0 aromatic rings. The highest BCUT2D eigenvalue weighted by Gasteiger charge is 2.54. The normalized spacial score (nSPS) is 34.1. The van der Waals surface area contributed by atoms with Gasteiger partial charge < -0.3 is 10.6 Å². The molecule has 98 valence electrons. The fraction of sp³-hybridized carbons (Fsp3) is 0.923. The minimum Gasteiger partial charge on any atom is -0.351 e. The maximum atomic E-state index is 11.9. The summed E-state index contributed by atoms with van der Waals surface area (Å²) in [4.78, 5) is 11.9. The molecule has 3 fully saturated rings. The van der Waals surface area contributed by atoms with Gasteiger partial charge in [0.25, 0.3) is 0 Å². The number of nitrogens with one attached hydrogen (secondary N) is 2. The Morgan fingerprint density at radius 2 is 1.94 bits per heavy atom. The van der Waals surface area contributed by atoms with Crippen molar-refractivity contribution >= 4 is 18.3 Å². The second-order valence-corrected chi connectivity index (χ2v) is 5.84. The molecule has 2 unspecified atom stereocenters. The molecule has 0 aromatic heterocycles. The van der Waals surface area contributed by atoms with Crippen LogP contribution < -0.4 is 10.6 Å². The van der Waals surface area contributed by atoms with Crippen molar-refractivity contribution in [3.05, 3.63) is 0 Å². The number of amides is 1. The molecule has 0 aromatic carbocycles. The van der Waals surface area contributed by atoms with E-state index in [1.54, 1.807) is 0 Å². The Hall–Kier alpha value is -0.280. The van der Waals surface area contributed by atoms with Crippen molar-refractivity contribution in [2.24, 2.45) is 5.41 Å². The van der Waals surface area contributed by atoms with Gasteiger partial charge in [-0.25, -0.2) is 0 Å². The molecule has 2 N–H and O–H groups in total. The van der Waals surface area contributed by atoms with Gasteiger partial charge in [0.05, 0.1) is 6.04 Å². The van der Waals surface area contributed by atoms with Gasteiger partial charge in [-0.15, -0.1) is 12.4 Å². The summed E-state index contributed by atoms with van der Waals surface area (Å²) in [6, 6.07) is 0.601. The summed E-state index contributed by atoms with van der Waals surface area (Å²) in [5.74, 6) is 0.255. The van der Waals surface area contributed by atoms with Gasteiger partial charge in [0.2, 0.25) is 5.91 Å². The zero-order valence-electron chi connectivity index (χ0n) is 10.3. The summed E-state index contributed by atoms with van der Waals surface area (Å²) in [5, 5.41) is 6.52. The van der Waals surface area contributed by atoms with E-state index in [4.69, 9.17) is 0 Å². The molecule has 2 saturated carbocycles. The molecule has 3 rings (SSSR count). The zero-order chi connectivity index (χ0) is 11.0. The largest absolute Gasteiger partial charge is 0.351 e. The molecule has 1 aliphatic heterocycles. The van der Waals surface area contributed by atoms with E-state index < -0.39 is 0 Å². The molecule has 3 nitrogen and oxygen atoms in total. The van der Waals surface area contributed by atoms with Crippen LogP contribution in [0.3, 0.4) is 0 Å². The highest BCUT2D eigenvalue weighted by atomic mass is 35.5. The zero-order valence-corrected chi connectivity index (χ0v) is 11.2.